The Kier molecular flexibility index (Phi) is 7.99. The van der Waals surface area contributed by atoms with Crippen LogP contribution in [0.1, 0.15) is 11.3 Å². The topological polar surface area (TPSA) is 95.6 Å². The van der Waals surface area contributed by atoms with Crippen LogP contribution in [0, 0.1) is 0 Å². The van der Waals surface area contributed by atoms with Crippen LogP contribution in [-0.4, -0.2) is 42.0 Å². The van der Waals surface area contributed by atoms with Crippen LogP contribution in [-0.2, 0) is 17.8 Å². The highest BCUT2D eigenvalue weighted by atomic mass is 35.5. The maximum atomic E-state index is 13.2. The molecular formula is C25H24ClN3O5S. The zero-order valence-electron chi connectivity index (χ0n) is 19.2. The number of rotatable bonds is 10. The molecule has 0 saturated heterocycles. The summed E-state index contributed by atoms with van der Waals surface area (Å²) in [6.07, 6.45) is 2.18. The number of nitrogens with one attached hydrogen (secondary N) is 1. The average molecular weight is 514 g/mol. The first-order chi connectivity index (χ1) is 17.0. The van der Waals surface area contributed by atoms with Crippen molar-refractivity contribution in [3.8, 4) is 11.5 Å². The minimum Gasteiger partial charge on any atom is -0.493 e. The van der Waals surface area contributed by atoms with Crippen molar-refractivity contribution in [2.24, 2.45) is 0 Å². The van der Waals surface area contributed by atoms with E-state index in [1.807, 2.05) is 18.2 Å². The molecule has 0 unspecified atom stereocenters. The number of halogens is 1. The molecule has 4 aromatic rings. The number of fused-ring (bicyclic) bond motifs is 1. The lowest BCUT2D eigenvalue weighted by Gasteiger charge is -2.13. The maximum Gasteiger partial charge on any atom is 0.262 e. The summed E-state index contributed by atoms with van der Waals surface area (Å²) in [5.41, 5.74) is 1.27. The second-order valence-corrected chi connectivity index (χ2v) is 8.98. The number of carbonyl (C=O) groups is 1. The van der Waals surface area contributed by atoms with Gasteiger partial charge >= 0.3 is 0 Å². The molecule has 35 heavy (non-hydrogen) atoms. The molecule has 0 fully saturated rings. The van der Waals surface area contributed by atoms with Crippen molar-refractivity contribution >= 4 is 40.2 Å². The van der Waals surface area contributed by atoms with E-state index in [9.17, 15) is 9.59 Å². The molecule has 0 spiro atoms. The summed E-state index contributed by atoms with van der Waals surface area (Å²) in [5, 5.41) is 4.25. The van der Waals surface area contributed by atoms with Gasteiger partial charge < -0.3 is 19.2 Å². The molecule has 2 heterocycles. The van der Waals surface area contributed by atoms with Crippen LogP contribution in [0.5, 0.6) is 11.5 Å². The summed E-state index contributed by atoms with van der Waals surface area (Å²) in [6, 6.07) is 14.1. The predicted molar refractivity (Wildman–Crippen MR) is 136 cm³/mol. The fourth-order valence-corrected chi connectivity index (χ4v) is 4.54. The summed E-state index contributed by atoms with van der Waals surface area (Å²) in [7, 11) is 3.17. The Hall–Kier alpha value is -3.43. The maximum absolute atomic E-state index is 13.2. The van der Waals surface area contributed by atoms with E-state index in [0.29, 0.717) is 51.3 Å². The van der Waals surface area contributed by atoms with E-state index in [2.05, 4.69) is 10.3 Å². The molecule has 2 aromatic carbocycles. The SMILES string of the molecule is COc1ccc(CCNC(=O)CSc2nc3cc(Cl)ccc3c(=O)n2Cc2ccco2)cc1OC. The Morgan fingerprint density at radius 2 is 1.97 bits per heavy atom. The van der Waals surface area contributed by atoms with Gasteiger partial charge in [0.2, 0.25) is 5.91 Å². The number of methoxy groups -OCH3 is 2. The Morgan fingerprint density at radius 1 is 1.14 bits per heavy atom. The average Bonchev–Trinajstić information content (AvgIpc) is 3.37. The smallest absolute Gasteiger partial charge is 0.262 e. The molecule has 0 aliphatic rings. The number of benzene rings is 2. The molecule has 1 N–H and O–H groups in total. The number of amides is 1. The van der Waals surface area contributed by atoms with Gasteiger partial charge in [0.1, 0.15) is 5.76 Å². The van der Waals surface area contributed by atoms with Crippen molar-refractivity contribution in [3.63, 3.8) is 0 Å². The van der Waals surface area contributed by atoms with E-state index in [1.54, 1.807) is 50.8 Å². The first-order valence-electron chi connectivity index (χ1n) is 10.8. The molecule has 2 aromatic heterocycles. The highest BCUT2D eigenvalue weighted by molar-refractivity contribution is 7.99. The second kappa shape index (κ2) is 11.3. The summed E-state index contributed by atoms with van der Waals surface area (Å²) < 4.78 is 17.5. The van der Waals surface area contributed by atoms with Crippen molar-refractivity contribution in [2.75, 3.05) is 26.5 Å². The highest BCUT2D eigenvalue weighted by Crippen LogP contribution is 2.27. The van der Waals surface area contributed by atoms with Gasteiger partial charge in [0.25, 0.3) is 5.56 Å². The summed E-state index contributed by atoms with van der Waals surface area (Å²) in [6.45, 7) is 0.662. The molecule has 8 nitrogen and oxygen atoms in total. The van der Waals surface area contributed by atoms with Gasteiger partial charge in [-0.15, -0.1) is 0 Å². The Balaban J connectivity index is 1.44. The number of ether oxygens (including phenoxy) is 2. The quantitative estimate of drug-likeness (QED) is 0.251. The molecule has 0 aliphatic heterocycles. The lowest BCUT2D eigenvalue weighted by atomic mass is 10.1. The molecule has 10 heteroatoms. The first-order valence-corrected chi connectivity index (χ1v) is 12.2. The first kappa shape index (κ1) is 24.7. The molecule has 0 radical (unpaired) electrons. The minimum absolute atomic E-state index is 0.0998. The lowest BCUT2D eigenvalue weighted by Crippen LogP contribution is -2.28. The van der Waals surface area contributed by atoms with Crippen molar-refractivity contribution in [3.05, 3.63) is 81.5 Å². The van der Waals surface area contributed by atoms with Gasteiger partial charge in [-0.2, -0.15) is 0 Å². The molecule has 0 bridgehead atoms. The lowest BCUT2D eigenvalue weighted by molar-refractivity contribution is -0.118. The largest absolute Gasteiger partial charge is 0.493 e. The number of hydrogen-bond donors (Lipinski definition) is 1. The number of hydrogen-bond acceptors (Lipinski definition) is 7. The number of nitrogens with zero attached hydrogens (tertiary/aromatic N) is 2. The Morgan fingerprint density at radius 3 is 2.71 bits per heavy atom. The van der Waals surface area contributed by atoms with Crippen LogP contribution in [0.25, 0.3) is 10.9 Å². The van der Waals surface area contributed by atoms with Crippen molar-refractivity contribution in [2.45, 2.75) is 18.1 Å². The minimum atomic E-state index is -0.223. The predicted octanol–water partition coefficient (Wildman–Crippen LogP) is 4.16. The van der Waals surface area contributed by atoms with E-state index < -0.39 is 0 Å². The van der Waals surface area contributed by atoms with E-state index in [0.717, 1.165) is 5.56 Å². The van der Waals surface area contributed by atoms with Gasteiger partial charge in [-0.05, 0) is 54.4 Å². The zero-order chi connectivity index (χ0) is 24.8. The number of thioether (sulfide) groups is 1. The number of aromatic nitrogens is 2. The molecule has 1 amide bonds. The highest BCUT2D eigenvalue weighted by Gasteiger charge is 2.15. The normalized spacial score (nSPS) is 10.9. The number of furan rings is 1. The monoisotopic (exact) mass is 513 g/mol. The van der Waals surface area contributed by atoms with Gasteiger partial charge in [0.05, 0.1) is 43.7 Å². The van der Waals surface area contributed by atoms with Gasteiger partial charge in [-0.3, -0.25) is 14.2 Å². The second-order valence-electron chi connectivity index (χ2n) is 7.60. The third-order valence-corrected chi connectivity index (χ3v) is 6.50. The van der Waals surface area contributed by atoms with Gasteiger partial charge in [0, 0.05) is 11.6 Å². The van der Waals surface area contributed by atoms with Gasteiger partial charge in [0.15, 0.2) is 16.7 Å². The van der Waals surface area contributed by atoms with Crippen molar-refractivity contribution < 1.29 is 18.7 Å². The van der Waals surface area contributed by atoms with E-state index in [1.165, 1.54) is 16.3 Å². The molecular weight excluding hydrogens is 490 g/mol. The standard InChI is InChI=1S/C25H24ClN3O5S/c1-32-21-8-5-16(12-22(21)33-2)9-10-27-23(30)15-35-25-28-20-13-17(26)6-7-19(20)24(31)29(25)14-18-4-3-11-34-18/h3-8,11-13H,9-10,14-15H2,1-2H3,(H,27,30). The molecule has 0 saturated carbocycles. The van der Waals surface area contributed by atoms with Gasteiger partial charge in [-0.25, -0.2) is 4.98 Å². The van der Waals surface area contributed by atoms with Crippen LogP contribution in [0.15, 0.2) is 69.2 Å². The van der Waals surface area contributed by atoms with Gasteiger partial charge in [-0.1, -0.05) is 29.4 Å². The van der Waals surface area contributed by atoms with E-state index in [-0.39, 0.29) is 23.8 Å². The Bertz CT molecular complexity index is 1390. The van der Waals surface area contributed by atoms with Crippen molar-refractivity contribution in [1.82, 2.24) is 14.9 Å². The van der Waals surface area contributed by atoms with Crippen LogP contribution in [0.2, 0.25) is 5.02 Å². The molecule has 0 atom stereocenters. The number of carbonyl (C=O) groups excluding carboxylic acids is 1. The van der Waals surface area contributed by atoms with Crippen LogP contribution >= 0.6 is 23.4 Å². The van der Waals surface area contributed by atoms with E-state index in [4.69, 9.17) is 25.5 Å². The molecule has 4 rings (SSSR count). The Labute approximate surface area is 211 Å². The summed E-state index contributed by atoms with van der Waals surface area (Å²) in [5.74, 6) is 1.84. The van der Waals surface area contributed by atoms with Crippen molar-refractivity contribution in [1.29, 1.82) is 0 Å². The van der Waals surface area contributed by atoms with Crippen LogP contribution in [0.3, 0.4) is 0 Å². The fraction of sp³-hybridized carbons (Fsp3) is 0.240. The van der Waals surface area contributed by atoms with Crippen LogP contribution in [0.4, 0.5) is 0 Å². The zero-order valence-corrected chi connectivity index (χ0v) is 20.8. The summed E-state index contributed by atoms with van der Waals surface area (Å²) >= 11 is 7.29. The molecule has 0 aliphatic carbocycles. The summed E-state index contributed by atoms with van der Waals surface area (Å²) in [4.78, 5) is 30.3. The van der Waals surface area contributed by atoms with Crippen LogP contribution < -0.4 is 20.3 Å². The molecule has 182 valence electrons. The third kappa shape index (κ3) is 5.98. The van der Waals surface area contributed by atoms with E-state index >= 15 is 0 Å². The third-order valence-electron chi connectivity index (χ3n) is 5.29. The fourth-order valence-electron chi connectivity index (χ4n) is 3.55.